The van der Waals surface area contributed by atoms with Gasteiger partial charge in [0.05, 0.1) is 12.8 Å². The summed E-state index contributed by atoms with van der Waals surface area (Å²) < 4.78 is 19.2. The van der Waals surface area contributed by atoms with E-state index in [1.54, 1.807) is 19.2 Å². The molecule has 27 heavy (non-hydrogen) atoms. The molecule has 1 heterocycles. The van der Waals surface area contributed by atoms with E-state index < -0.39 is 5.82 Å². The molecule has 1 amide bonds. The van der Waals surface area contributed by atoms with E-state index in [1.165, 1.54) is 16.5 Å². The Morgan fingerprint density at radius 1 is 1.26 bits per heavy atom. The van der Waals surface area contributed by atoms with E-state index in [-0.39, 0.29) is 5.91 Å². The highest BCUT2D eigenvalue weighted by atomic mass is 32.1. The second-order valence-electron chi connectivity index (χ2n) is 6.29. The number of halogens is 1. The molecule has 2 N–H and O–H groups in total. The molecule has 7 heteroatoms. The Balaban J connectivity index is 1.53. The molecule has 0 unspecified atom stereocenters. The number of thiocarbonyl (C=S) groups is 1. The van der Waals surface area contributed by atoms with Crippen LogP contribution in [-0.2, 0) is 11.2 Å². The normalized spacial score (nSPS) is 13.6. The number of carbonyl (C=O) groups is 1. The van der Waals surface area contributed by atoms with Gasteiger partial charge in [0, 0.05) is 25.2 Å². The number of anilines is 2. The lowest BCUT2D eigenvalue weighted by atomic mass is 10.1. The van der Waals surface area contributed by atoms with Crippen LogP contribution in [0, 0.1) is 5.82 Å². The third-order valence-corrected chi connectivity index (χ3v) is 4.67. The van der Waals surface area contributed by atoms with Gasteiger partial charge in [0.1, 0.15) is 11.6 Å². The van der Waals surface area contributed by atoms with Crippen molar-refractivity contribution < 1.29 is 13.9 Å². The topological polar surface area (TPSA) is 53.6 Å². The van der Waals surface area contributed by atoms with E-state index in [0.29, 0.717) is 36.0 Å². The zero-order valence-electron chi connectivity index (χ0n) is 15.1. The molecule has 0 spiro atoms. The molecular weight excluding hydrogens is 365 g/mol. The lowest BCUT2D eigenvalue weighted by molar-refractivity contribution is -0.117. The highest BCUT2D eigenvalue weighted by Gasteiger charge is 2.24. The van der Waals surface area contributed by atoms with Gasteiger partial charge in [-0.15, -0.1) is 0 Å². The van der Waals surface area contributed by atoms with Gasteiger partial charge in [-0.05, 0) is 61.0 Å². The summed E-state index contributed by atoms with van der Waals surface area (Å²) in [7, 11) is 1.64. The van der Waals surface area contributed by atoms with Gasteiger partial charge >= 0.3 is 0 Å². The lowest BCUT2D eigenvalue weighted by Crippen LogP contribution is -2.30. The van der Waals surface area contributed by atoms with Crippen molar-refractivity contribution in [1.29, 1.82) is 0 Å². The van der Waals surface area contributed by atoms with E-state index >= 15 is 0 Å². The Bertz CT molecular complexity index is 826. The van der Waals surface area contributed by atoms with Crippen molar-refractivity contribution in [3.05, 3.63) is 53.8 Å². The monoisotopic (exact) mass is 387 g/mol. The zero-order chi connectivity index (χ0) is 19.2. The number of amides is 1. The first kappa shape index (κ1) is 19.1. The molecule has 0 radical (unpaired) electrons. The fourth-order valence-corrected chi connectivity index (χ4v) is 3.21. The molecule has 3 rings (SSSR count). The predicted molar refractivity (Wildman–Crippen MR) is 109 cm³/mol. The van der Waals surface area contributed by atoms with Crippen LogP contribution in [0.15, 0.2) is 42.5 Å². The number of benzene rings is 2. The number of hydrogen-bond acceptors (Lipinski definition) is 3. The van der Waals surface area contributed by atoms with Crippen molar-refractivity contribution in [1.82, 2.24) is 5.32 Å². The van der Waals surface area contributed by atoms with Crippen LogP contribution in [0.4, 0.5) is 15.8 Å². The van der Waals surface area contributed by atoms with Crippen LogP contribution in [0.25, 0.3) is 0 Å². The Morgan fingerprint density at radius 3 is 2.70 bits per heavy atom. The summed E-state index contributed by atoms with van der Waals surface area (Å²) >= 11 is 5.31. The average molecular weight is 387 g/mol. The fourth-order valence-electron chi connectivity index (χ4n) is 2.99. The number of methoxy groups -OCH3 is 1. The van der Waals surface area contributed by atoms with Gasteiger partial charge in [-0.25, -0.2) is 4.39 Å². The summed E-state index contributed by atoms with van der Waals surface area (Å²) in [5, 5.41) is 6.64. The smallest absolute Gasteiger partial charge is 0.227 e. The largest absolute Gasteiger partial charge is 0.497 e. The minimum absolute atomic E-state index is 0.0498. The summed E-state index contributed by atoms with van der Waals surface area (Å²) in [4.78, 5) is 13.4. The minimum atomic E-state index is -0.408. The van der Waals surface area contributed by atoms with E-state index in [4.69, 9.17) is 17.0 Å². The number of nitrogens with zero attached hydrogens (tertiary/aromatic N) is 1. The molecule has 1 saturated heterocycles. The Morgan fingerprint density at radius 2 is 2.04 bits per heavy atom. The van der Waals surface area contributed by atoms with Gasteiger partial charge in [-0.1, -0.05) is 12.1 Å². The van der Waals surface area contributed by atoms with Crippen LogP contribution in [-0.4, -0.2) is 31.2 Å². The fraction of sp³-hybridized carbons (Fsp3) is 0.300. The van der Waals surface area contributed by atoms with Gasteiger partial charge < -0.3 is 20.3 Å². The van der Waals surface area contributed by atoms with Crippen LogP contribution in [0.3, 0.4) is 0 Å². The molecule has 0 saturated carbocycles. The third kappa shape index (κ3) is 4.95. The van der Waals surface area contributed by atoms with Crippen molar-refractivity contribution in [3.8, 4) is 5.75 Å². The number of rotatable bonds is 6. The van der Waals surface area contributed by atoms with E-state index in [9.17, 15) is 9.18 Å². The third-order valence-electron chi connectivity index (χ3n) is 4.43. The lowest BCUT2D eigenvalue weighted by Gasteiger charge is -2.18. The zero-order valence-corrected chi connectivity index (χ0v) is 15.9. The Hall–Kier alpha value is -2.67. The van der Waals surface area contributed by atoms with Gasteiger partial charge in [-0.2, -0.15) is 0 Å². The molecule has 1 aliphatic rings. The van der Waals surface area contributed by atoms with Gasteiger partial charge in [0.25, 0.3) is 0 Å². The van der Waals surface area contributed by atoms with Crippen LogP contribution < -0.4 is 20.3 Å². The van der Waals surface area contributed by atoms with Crippen molar-refractivity contribution in [2.45, 2.75) is 19.3 Å². The number of nitrogens with one attached hydrogen (secondary N) is 2. The molecule has 2 aromatic rings. The van der Waals surface area contributed by atoms with Crippen molar-refractivity contribution in [2.75, 3.05) is 30.4 Å². The first-order chi connectivity index (χ1) is 13.1. The quantitative estimate of drug-likeness (QED) is 0.743. The Kier molecular flexibility index (Phi) is 6.24. The summed E-state index contributed by atoms with van der Waals surface area (Å²) in [6, 6.07) is 12.4. The summed E-state index contributed by atoms with van der Waals surface area (Å²) in [6.45, 7) is 1.21. The summed E-state index contributed by atoms with van der Waals surface area (Å²) in [6.07, 6.45) is 2.02. The van der Waals surface area contributed by atoms with Crippen LogP contribution in [0.1, 0.15) is 18.4 Å². The van der Waals surface area contributed by atoms with Crippen LogP contribution in [0.2, 0.25) is 0 Å². The highest BCUT2D eigenvalue weighted by Crippen LogP contribution is 2.27. The van der Waals surface area contributed by atoms with Gasteiger partial charge in [0.2, 0.25) is 5.91 Å². The van der Waals surface area contributed by atoms with Crippen molar-refractivity contribution in [2.24, 2.45) is 0 Å². The SMILES string of the molecule is COc1ccc(CCNC(=S)Nc2ccc(F)c(N3CCCC3=O)c2)cc1. The minimum Gasteiger partial charge on any atom is -0.497 e. The molecule has 5 nitrogen and oxygen atoms in total. The van der Waals surface area contributed by atoms with Crippen LogP contribution in [0.5, 0.6) is 5.75 Å². The maximum atomic E-state index is 14.1. The van der Waals surface area contributed by atoms with Crippen LogP contribution >= 0.6 is 12.2 Å². The number of carbonyl (C=O) groups excluding carboxylic acids is 1. The number of hydrogen-bond donors (Lipinski definition) is 2. The Labute approximate surface area is 163 Å². The predicted octanol–water partition coefficient (Wildman–Crippen LogP) is 3.49. The maximum Gasteiger partial charge on any atom is 0.227 e. The van der Waals surface area contributed by atoms with Crippen molar-refractivity contribution >= 4 is 34.6 Å². The van der Waals surface area contributed by atoms with E-state index in [0.717, 1.165) is 18.6 Å². The molecule has 1 fully saturated rings. The first-order valence-electron chi connectivity index (χ1n) is 8.84. The maximum absolute atomic E-state index is 14.1. The molecule has 0 aromatic heterocycles. The molecule has 0 bridgehead atoms. The molecule has 0 atom stereocenters. The number of ether oxygens (including phenoxy) is 1. The second-order valence-corrected chi connectivity index (χ2v) is 6.70. The summed E-state index contributed by atoms with van der Waals surface area (Å²) in [5.41, 5.74) is 2.11. The molecule has 2 aromatic carbocycles. The molecular formula is C20H22FN3O2S. The van der Waals surface area contributed by atoms with Gasteiger partial charge in [0.15, 0.2) is 5.11 Å². The molecule has 142 valence electrons. The van der Waals surface area contributed by atoms with E-state index in [2.05, 4.69) is 10.6 Å². The highest BCUT2D eigenvalue weighted by molar-refractivity contribution is 7.80. The first-order valence-corrected chi connectivity index (χ1v) is 9.25. The molecule has 0 aliphatic carbocycles. The second kappa shape index (κ2) is 8.81. The average Bonchev–Trinajstić information content (AvgIpc) is 3.09. The van der Waals surface area contributed by atoms with Gasteiger partial charge in [-0.3, -0.25) is 4.79 Å². The summed E-state index contributed by atoms with van der Waals surface area (Å²) in [5.74, 6) is 0.368. The van der Waals surface area contributed by atoms with E-state index in [1.807, 2.05) is 24.3 Å². The standard InChI is InChI=1S/C20H22FN3O2S/c1-26-16-7-4-14(5-8-16)10-11-22-20(27)23-15-6-9-17(21)18(13-15)24-12-2-3-19(24)25/h4-9,13H,2-3,10-12H2,1H3,(H2,22,23,27). The molecule has 1 aliphatic heterocycles. The van der Waals surface area contributed by atoms with Crippen molar-refractivity contribution in [3.63, 3.8) is 0 Å².